The smallest absolute Gasteiger partial charge is 0.253 e. The van der Waals surface area contributed by atoms with E-state index in [9.17, 15) is 9.59 Å². The van der Waals surface area contributed by atoms with Crippen molar-refractivity contribution >= 4 is 11.8 Å². The van der Waals surface area contributed by atoms with Crippen molar-refractivity contribution in [3.05, 3.63) is 71.8 Å². The number of carbonyl (C=O) groups excluding carboxylic acids is 2. The lowest BCUT2D eigenvalue weighted by Crippen LogP contribution is -2.55. The SMILES string of the molecule is CC[C@H](CNC(=O)[C@H](C)N1CCN(C(=O)c2ccccc2)CC1)c1ccccc1. The predicted molar refractivity (Wildman–Crippen MR) is 116 cm³/mol. The molecular formula is C24H31N3O2. The Labute approximate surface area is 173 Å². The lowest BCUT2D eigenvalue weighted by Gasteiger charge is -2.37. The molecule has 1 N–H and O–H groups in total. The maximum Gasteiger partial charge on any atom is 0.253 e. The molecule has 1 fully saturated rings. The van der Waals surface area contributed by atoms with Gasteiger partial charge in [-0.1, -0.05) is 55.5 Å². The van der Waals surface area contributed by atoms with Gasteiger partial charge in [-0.05, 0) is 31.0 Å². The fraction of sp³-hybridized carbons (Fsp3) is 0.417. The van der Waals surface area contributed by atoms with Crippen molar-refractivity contribution < 1.29 is 9.59 Å². The Kier molecular flexibility index (Phi) is 7.42. The molecule has 1 saturated heterocycles. The van der Waals surface area contributed by atoms with Crippen LogP contribution < -0.4 is 5.32 Å². The molecule has 0 radical (unpaired) electrons. The monoisotopic (exact) mass is 393 g/mol. The third-order valence-electron chi connectivity index (χ3n) is 5.84. The average Bonchev–Trinajstić information content (AvgIpc) is 2.79. The molecule has 154 valence electrons. The molecule has 1 heterocycles. The van der Waals surface area contributed by atoms with E-state index >= 15 is 0 Å². The van der Waals surface area contributed by atoms with E-state index < -0.39 is 0 Å². The lowest BCUT2D eigenvalue weighted by atomic mass is 9.96. The second-order valence-electron chi connectivity index (χ2n) is 7.63. The molecule has 5 heteroatoms. The zero-order chi connectivity index (χ0) is 20.6. The molecule has 0 unspecified atom stereocenters. The summed E-state index contributed by atoms with van der Waals surface area (Å²) in [5, 5.41) is 3.13. The summed E-state index contributed by atoms with van der Waals surface area (Å²) < 4.78 is 0. The number of nitrogens with one attached hydrogen (secondary N) is 1. The summed E-state index contributed by atoms with van der Waals surface area (Å²) in [4.78, 5) is 29.3. The summed E-state index contributed by atoms with van der Waals surface area (Å²) in [6, 6.07) is 19.5. The number of amides is 2. The number of benzene rings is 2. The van der Waals surface area contributed by atoms with E-state index in [4.69, 9.17) is 0 Å². The molecule has 0 bridgehead atoms. The van der Waals surface area contributed by atoms with Crippen molar-refractivity contribution in [3.63, 3.8) is 0 Å². The molecule has 2 aromatic rings. The Morgan fingerprint density at radius 3 is 2.10 bits per heavy atom. The summed E-state index contributed by atoms with van der Waals surface area (Å²) >= 11 is 0. The van der Waals surface area contributed by atoms with E-state index in [2.05, 4.69) is 29.3 Å². The topological polar surface area (TPSA) is 52.7 Å². The van der Waals surface area contributed by atoms with Crippen molar-refractivity contribution in [1.29, 1.82) is 0 Å². The Bertz CT molecular complexity index is 786. The summed E-state index contributed by atoms with van der Waals surface area (Å²) in [7, 11) is 0. The second-order valence-corrected chi connectivity index (χ2v) is 7.63. The van der Waals surface area contributed by atoms with Gasteiger partial charge in [0.15, 0.2) is 0 Å². The minimum atomic E-state index is -0.197. The molecule has 29 heavy (non-hydrogen) atoms. The van der Waals surface area contributed by atoms with Gasteiger partial charge in [0.1, 0.15) is 0 Å². The Balaban J connectivity index is 1.48. The van der Waals surface area contributed by atoms with Crippen LogP contribution in [0.2, 0.25) is 0 Å². The number of hydrogen-bond donors (Lipinski definition) is 1. The van der Waals surface area contributed by atoms with Crippen molar-refractivity contribution in [3.8, 4) is 0 Å². The first-order valence-electron chi connectivity index (χ1n) is 10.5. The van der Waals surface area contributed by atoms with Gasteiger partial charge in [-0.2, -0.15) is 0 Å². The molecule has 0 spiro atoms. The van der Waals surface area contributed by atoms with Crippen molar-refractivity contribution in [1.82, 2.24) is 15.1 Å². The first-order chi connectivity index (χ1) is 14.1. The van der Waals surface area contributed by atoms with Crippen LogP contribution in [0.3, 0.4) is 0 Å². The molecule has 0 saturated carbocycles. The van der Waals surface area contributed by atoms with Crippen molar-refractivity contribution in [2.45, 2.75) is 32.2 Å². The van der Waals surface area contributed by atoms with E-state index in [-0.39, 0.29) is 17.9 Å². The highest BCUT2D eigenvalue weighted by molar-refractivity contribution is 5.94. The fourth-order valence-electron chi connectivity index (χ4n) is 3.84. The highest BCUT2D eigenvalue weighted by Gasteiger charge is 2.28. The quantitative estimate of drug-likeness (QED) is 0.786. The van der Waals surface area contributed by atoms with Gasteiger partial charge in [-0.3, -0.25) is 14.5 Å². The van der Waals surface area contributed by atoms with Crippen LogP contribution in [-0.2, 0) is 4.79 Å². The van der Waals surface area contributed by atoms with Crippen LogP contribution in [0.15, 0.2) is 60.7 Å². The first kappa shape index (κ1) is 21.1. The average molecular weight is 394 g/mol. The highest BCUT2D eigenvalue weighted by Crippen LogP contribution is 2.18. The maximum absolute atomic E-state index is 12.7. The Morgan fingerprint density at radius 2 is 1.52 bits per heavy atom. The zero-order valence-electron chi connectivity index (χ0n) is 17.4. The molecule has 3 rings (SSSR count). The minimum Gasteiger partial charge on any atom is -0.354 e. The number of hydrogen-bond acceptors (Lipinski definition) is 3. The van der Waals surface area contributed by atoms with Crippen LogP contribution in [0, 0.1) is 0 Å². The third kappa shape index (κ3) is 5.45. The molecule has 0 aromatic heterocycles. The number of carbonyl (C=O) groups is 2. The van der Waals surface area contributed by atoms with E-state index in [1.165, 1.54) is 5.56 Å². The van der Waals surface area contributed by atoms with Gasteiger partial charge in [-0.25, -0.2) is 0 Å². The van der Waals surface area contributed by atoms with E-state index in [0.29, 0.717) is 38.6 Å². The van der Waals surface area contributed by atoms with Crippen LogP contribution in [0.4, 0.5) is 0 Å². The van der Waals surface area contributed by atoms with E-state index in [1.807, 2.05) is 60.4 Å². The first-order valence-corrected chi connectivity index (χ1v) is 10.5. The number of rotatable bonds is 7. The van der Waals surface area contributed by atoms with Crippen LogP contribution in [0.5, 0.6) is 0 Å². The van der Waals surface area contributed by atoms with Crippen LogP contribution >= 0.6 is 0 Å². The van der Waals surface area contributed by atoms with E-state index in [0.717, 1.165) is 12.0 Å². The van der Waals surface area contributed by atoms with Gasteiger partial charge in [0.2, 0.25) is 5.91 Å². The second kappa shape index (κ2) is 10.2. The summed E-state index contributed by atoms with van der Waals surface area (Å²) in [5.74, 6) is 0.450. The zero-order valence-corrected chi connectivity index (χ0v) is 17.4. The van der Waals surface area contributed by atoms with Crippen LogP contribution in [-0.4, -0.2) is 60.4 Å². The summed E-state index contributed by atoms with van der Waals surface area (Å²) in [5.41, 5.74) is 1.98. The third-order valence-corrected chi connectivity index (χ3v) is 5.84. The largest absolute Gasteiger partial charge is 0.354 e. The summed E-state index contributed by atoms with van der Waals surface area (Å²) in [6.45, 7) is 7.46. The minimum absolute atomic E-state index is 0.0576. The normalized spacial score (nSPS) is 16.8. The molecule has 1 aliphatic rings. The molecule has 2 amide bonds. The van der Waals surface area contributed by atoms with Gasteiger partial charge < -0.3 is 10.2 Å². The van der Waals surface area contributed by atoms with Crippen molar-refractivity contribution in [2.75, 3.05) is 32.7 Å². The lowest BCUT2D eigenvalue weighted by molar-refractivity contribution is -0.126. The maximum atomic E-state index is 12.7. The molecule has 5 nitrogen and oxygen atoms in total. The van der Waals surface area contributed by atoms with Crippen molar-refractivity contribution in [2.24, 2.45) is 0 Å². The molecular weight excluding hydrogens is 362 g/mol. The predicted octanol–water partition coefficient (Wildman–Crippen LogP) is 3.14. The van der Waals surface area contributed by atoms with Gasteiger partial charge in [0.25, 0.3) is 5.91 Å². The van der Waals surface area contributed by atoms with Crippen LogP contribution in [0.25, 0.3) is 0 Å². The Morgan fingerprint density at radius 1 is 0.931 bits per heavy atom. The Hall–Kier alpha value is -2.66. The molecule has 0 aliphatic carbocycles. The van der Waals surface area contributed by atoms with E-state index in [1.54, 1.807) is 0 Å². The highest BCUT2D eigenvalue weighted by atomic mass is 16.2. The van der Waals surface area contributed by atoms with Gasteiger partial charge in [0.05, 0.1) is 6.04 Å². The van der Waals surface area contributed by atoms with Gasteiger partial charge in [-0.15, -0.1) is 0 Å². The molecule has 1 aliphatic heterocycles. The van der Waals surface area contributed by atoms with Gasteiger partial charge >= 0.3 is 0 Å². The molecule has 2 atom stereocenters. The van der Waals surface area contributed by atoms with Gasteiger partial charge in [0, 0.05) is 44.2 Å². The molecule has 2 aromatic carbocycles. The number of piperazine rings is 1. The summed E-state index contributed by atoms with van der Waals surface area (Å²) in [6.07, 6.45) is 0.985. The van der Waals surface area contributed by atoms with Crippen LogP contribution in [0.1, 0.15) is 42.1 Å². The fourth-order valence-corrected chi connectivity index (χ4v) is 3.84. The number of nitrogens with zero attached hydrogens (tertiary/aromatic N) is 2. The standard InChI is InChI=1S/C24H31N3O2/c1-3-20(21-10-6-4-7-11-21)18-25-23(28)19(2)26-14-16-27(17-15-26)24(29)22-12-8-5-9-13-22/h4-13,19-20H,3,14-18H2,1-2H3,(H,25,28)/t19-,20+/m0/s1.